The zero-order valence-electron chi connectivity index (χ0n) is 16.9. The number of carbonyl (C=O) groups excluding carboxylic acids is 1. The number of anilines is 2. The van der Waals surface area contributed by atoms with E-state index >= 15 is 0 Å². The Morgan fingerprint density at radius 2 is 1.55 bits per heavy atom. The highest BCUT2D eigenvalue weighted by Crippen LogP contribution is 2.44. The molecule has 2 atom stereocenters. The Morgan fingerprint density at radius 1 is 0.935 bits per heavy atom. The summed E-state index contributed by atoms with van der Waals surface area (Å²) < 4.78 is 5.43. The van der Waals surface area contributed by atoms with Crippen molar-refractivity contribution in [1.82, 2.24) is 5.32 Å². The Morgan fingerprint density at radius 3 is 2.16 bits per heavy atom. The number of hydrogen-bond acceptors (Lipinski definition) is 6. The maximum Gasteiger partial charge on any atom is 0.407 e. The summed E-state index contributed by atoms with van der Waals surface area (Å²) in [5.74, 6) is -0.0496. The van der Waals surface area contributed by atoms with Gasteiger partial charge < -0.3 is 31.7 Å². The number of benzene rings is 3. The lowest BCUT2D eigenvalue weighted by molar-refractivity contribution is 0.0186. The van der Waals surface area contributed by atoms with Crippen molar-refractivity contribution in [3.63, 3.8) is 0 Å². The van der Waals surface area contributed by atoms with Gasteiger partial charge in [0.15, 0.2) is 0 Å². The van der Waals surface area contributed by atoms with Crippen molar-refractivity contribution in [2.24, 2.45) is 0 Å². The summed E-state index contributed by atoms with van der Waals surface area (Å²) in [6.07, 6.45) is -3.12. The molecule has 0 saturated carbocycles. The third kappa shape index (κ3) is 4.19. The molecule has 0 fully saturated rings. The Balaban J connectivity index is 1.34. The van der Waals surface area contributed by atoms with Gasteiger partial charge in [-0.15, -0.1) is 0 Å². The van der Waals surface area contributed by atoms with Gasteiger partial charge in [0.1, 0.15) is 18.8 Å². The molecule has 0 aliphatic heterocycles. The van der Waals surface area contributed by atoms with Crippen LogP contribution >= 0.6 is 0 Å². The van der Waals surface area contributed by atoms with Crippen LogP contribution in [0.25, 0.3) is 11.1 Å². The average Bonchev–Trinajstić information content (AvgIpc) is 3.11. The highest BCUT2D eigenvalue weighted by molar-refractivity contribution is 5.79. The molecule has 0 radical (unpaired) electrons. The van der Waals surface area contributed by atoms with E-state index in [0.29, 0.717) is 16.9 Å². The number of aliphatic hydroxyl groups is 2. The van der Waals surface area contributed by atoms with Crippen LogP contribution in [-0.2, 0) is 4.74 Å². The number of hydrogen-bond donors (Lipinski definition) is 5. The molecule has 4 rings (SSSR count). The maximum absolute atomic E-state index is 12.2. The van der Waals surface area contributed by atoms with Crippen LogP contribution < -0.4 is 16.8 Å². The molecule has 3 aromatic rings. The SMILES string of the molecule is Nc1ccc(C(O)C(O)CNC(=O)OCC2c3ccccc3-c3ccccc32)cc1N. The normalized spacial score (nSPS) is 14.4. The van der Waals surface area contributed by atoms with Crippen molar-refractivity contribution >= 4 is 17.5 Å². The summed E-state index contributed by atoms with van der Waals surface area (Å²) >= 11 is 0. The molecule has 31 heavy (non-hydrogen) atoms. The summed E-state index contributed by atoms with van der Waals surface area (Å²) in [6.45, 7) is -0.00484. The van der Waals surface area contributed by atoms with Crippen molar-refractivity contribution in [2.45, 2.75) is 18.1 Å². The van der Waals surface area contributed by atoms with Crippen LogP contribution in [0.5, 0.6) is 0 Å². The maximum atomic E-state index is 12.2. The van der Waals surface area contributed by atoms with E-state index in [1.807, 2.05) is 36.4 Å². The molecule has 0 spiro atoms. The highest BCUT2D eigenvalue weighted by atomic mass is 16.5. The summed E-state index contributed by atoms with van der Waals surface area (Å²) in [6, 6.07) is 20.8. The smallest absolute Gasteiger partial charge is 0.407 e. The number of alkyl carbamates (subject to hydrolysis) is 1. The standard InChI is InChI=1S/C24H25N3O4/c25-20-10-9-14(11-21(20)26)23(29)22(28)12-27-24(30)31-13-19-17-7-3-1-5-15(17)16-6-2-4-8-18(16)19/h1-11,19,22-23,28-29H,12-13,25-26H2,(H,27,30). The quantitative estimate of drug-likeness (QED) is 0.391. The Labute approximate surface area is 180 Å². The van der Waals surface area contributed by atoms with Gasteiger partial charge in [0.05, 0.1) is 11.4 Å². The molecular formula is C24H25N3O4. The molecule has 7 N–H and O–H groups in total. The molecule has 1 aliphatic carbocycles. The van der Waals surface area contributed by atoms with Crippen LogP contribution in [0.4, 0.5) is 16.2 Å². The van der Waals surface area contributed by atoms with Gasteiger partial charge in [0.25, 0.3) is 0 Å². The van der Waals surface area contributed by atoms with Crippen molar-refractivity contribution < 1.29 is 19.7 Å². The molecule has 7 heteroatoms. The molecule has 2 unspecified atom stereocenters. The average molecular weight is 419 g/mol. The zero-order chi connectivity index (χ0) is 22.0. The number of aliphatic hydroxyl groups excluding tert-OH is 2. The third-order valence-corrected chi connectivity index (χ3v) is 5.62. The number of carbonyl (C=O) groups is 1. The molecule has 0 saturated heterocycles. The Kier molecular flexibility index (Phi) is 5.79. The first-order valence-electron chi connectivity index (χ1n) is 10.1. The van der Waals surface area contributed by atoms with Crippen molar-refractivity contribution in [1.29, 1.82) is 0 Å². The van der Waals surface area contributed by atoms with Gasteiger partial charge in [-0.25, -0.2) is 4.79 Å². The fraction of sp³-hybridized carbons (Fsp3) is 0.208. The molecule has 0 heterocycles. The lowest BCUT2D eigenvalue weighted by Crippen LogP contribution is -2.36. The monoisotopic (exact) mass is 419 g/mol. The topological polar surface area (TPSA) is 131 Å². The minimum Gasteiger partial charge on any atom is -0.449 e. The number of nitrogens with one attached hydrogen (secondary N) is 1. The summed E-state index contributed by atoms with van der Waals surface area (Å²) in [4.78, 5) is 12.2. The van der Waals surface area contributed by atoms with Gasteiger partial charge in [0, 0.05) is 12.5 Å². The van der Waals surface area contributed by atoms with E-state index in [0.717, 1.165) is 22.3 Å². The molecule has 160 valence electrons. The molecule has 0 bridgehead atoms. The van der Waals surface area contributed by atoms with Crippen LogP contribution in [-0.4, -0.2) is 35.6 Å². The molecule has 3 aromatic carbocycles. The number of ether oxygens (including phenoxy) is 1. The van der Waals surface area contributed by atoms with Crippen LogP contribution in [0.2, 0.25) is 0 Å². The van der Waals surface area contributed by atoms with Gasteiger partial charge in [-0.05, 0) is 39.9 Å². The number of rotatable bonds is 6. The van der Waals surface area contributed by atoms with E-state index < -0.39 is 18.3 Å². The van der Waals surface area contributed by atoms with E-state index in [2.05, 4.69) is 17.4 Å². The minimum atomic E-state index is -1.23. The molecular weight excluding hydrogens is 394 g/mol. The van der Waals surface area contributed by atoms with Gasteiger partial charge in [-0.1, -0.05) is 54.6 Å². The van der Waals surface area contributed by atoms with Crippen LogP contribution in [0.15, 0.2) is 66.7 Å². The van der Waals surface area contributed by atoms with Crippen molar-refractivity contribution in [2.75, 3.05) is 24.6 Å². The zero-order valence-corrected chi connectivity index (χ0v) is 16.9. The van der Waals surface area contributed by atoms with Gasteiger partial charge >= 0.3 is 6.09 Å². The minimum absolute atomic E-state index is 0.0496. The number of nitrogens with two attached hydrogens (primary N) is 2. The van der Waals surface area contributed by atoms with Crippen LogP contribution in [0, 0.1) is 0 Å². The predicted molar refractivity (Wildman–Crippen MR) is 119 cm³/mol. The molecule has 1 amide bonds. The molecule has 0 aromatic heterocycles. The second kappa shape index (κ2) is 8.67. The van der Waals surface area contributed by atoms with Crippen LogP contribution in [0.3, 0.4) is 0 Å². The van der Waals surface area contributed by atoms with Gasteiger partial charge in [-0.2, -0.15) is 0 Å². The second-order valence-electron chi connectivity index (χ2n) is 7.61. The summed E-state index contributed by atoms with van der Waals surface area (Å²) in [5, 5.41) is 23.0. The van der Waals surface area contributed by atoms with Gasteiger partial charge in [-0.3, -0.25) is 0 Å². The van der Waals surface area contributed by atoms with Crippen molar-refractivity contribution in [3.8, 4) is 11.1 Å². The largest absolute Gasteiger partial charge is 0.449 e. The van der Waals surface area contributed by atoms with E-state index in [1.54, 1.807) is 12.1 Å². The van der Waals surface area contributed by atoms with Crippen LogP contribution in [0.1, 0.15) is 28.7 Å². The fourth-order valence-electron chi connectivity index (χ4n) is 3.95. The first kappa shape index (κ1) is 20.7. The first-order chi connectivity index (χ1) is 15.0. The summed E-state index contributed by atoms with van der Waals surface area (Å²) in [7, 11) is 0. The Hall–Kier alpha value is -3.55. The lowest BCUT2D eigenvalue weighted by atomic mass is 9.98. The highest BCUT2D eigenvalue weighted by Gasteiger charge is 2.29. The lowest BCUT2D eigenvalue weighted by Gasteiger charge is -2.20. The third-order valence-electron chi connectivity index (χ3n) is 5.62. The number of nitrogen functional groups attached to an aromatic ring is 2. The Bertz CT molecular complexity index is 1060. The first-order valence-corrected chi connectivity index (χ1v) is 10.1. The fourth-order valence-corrected chi connectivity index (χ4v) is 3.95. The predicted octanol–water partition coefficient (Wildman–Crippen LogP) is 2.78. The van der Waals surface area contributed by atoms with E-state index in [1.165, 1.54) is 6.07 Å². The molecule has 7 nitrogen and oxygen atoms in total. The number of amides is 1. The molecule has 1 aliphatic rings. The van der Waals surface area contributed by atoms with Gasteiger partial charge in [0.2, 0.25) is 0 Å². The van der Waals surface area contributed by atoms with E-state index in [-0.39, 0.29) is 19.1 Å². The summed E-state index contributed by atoms with van der Waals surface area (Å²) in [5.41, 5.74) is 17.1. The van der Waals surface area contributed by atoms with Crippen molar-refractivity contribution in [3.05, 3.63) is 83.4 Å². The van der Waals surface area contributed by atoms with E-state index in [9.17, 15) is 15.0 Å². The van der Waals surface area contributed by atoms with E-state index in [4.69, 9.17) is 16.2 Å². The second-order valence-corrected chi connectivity index (χ2v) is 7.61. The number of fused-ring (bicyclic) bond motifs is 3.